The van der Waals surface area contributed by atoms with E-state index in [2.05, 4.69) is 12.2 Å². The van der Waals surface area contributed by atoms with Crippen molar-refractivity contribution >= 4 is 6.03 Å². The lowest BCUT2D eigenvalue weighted by Gasteiger charge is -2.32. The summed E-state index contributed by atoms with van der Waals surface area (Å²) in [5.74, 6) is 0.763. The van der Waals surface area contributed by atoms with Crippen LogP contribution in [0.1, 0.15) is 19.1 Å². The number of amides is 2. The van der Waals surface area contributed by atoms with Gasteiger partial charge in [-0.05, 0) is 18.6 Å². The lowest BCUT2D eigenvalue weighted by molar-refractivity contribution is -0.0154. The number of urea groups is 1. The van der Waals surface area contributed by atoms with Crippen molar-refractivity contribution in [2.75, 3.05) is 19.7 Å². The van der Waals surface area contributed by atoms with Crippen molar-refractivity contribution in [2.24, 2.45) is 0 Å². The zero-order valence-electron chi connectivity index (χ0n) is 10.0. The molecule has 1 aromatic heterocycles. The largest absolute Gasteiger partial charge is 0.467 e. The van der Waals surface area contributed by atoms with Crippen LogP contribution in [-0.2, 0) is 11.3 Å². The van der Waals surface area contributed by atoms with Crippen LogP contribution in [0.25, 0.3) is 0 Å². The van der Waals surface area contributed by atoms with Crippen LogP contribution >= 0.6 is 0 Å². The van der Waals surface area contributed by atoms with Gasteiger partial charge in [-0.25, -0.2) is 4.79 Å². The highest BCUT2D eigenvalue weighted by Crippen LogP contribution is 2.08. The van der Waals surface area contributed by atoms with Gasteiger partial charge in [0.2, 0.25) is 0 Å². The summed E-state index contributed by atoms with van der Waals surface area (Å²) in [6.45, 7) is 4.43. The first-order chi connectivity index (χ1) is 8.29. The van der Waals surface area contributed by atoms with E-state index in [1.807, 2.05) is 12.1 Å². The van der Waals surface area contributed by atoms with Crippen molar-refractivity contribution in [3.63, 3.8) is 0 Å². The van der Waals surface area contributed by atoms with Gasteiger partial charge >= 0.3 is 6.03 Å². The summed E-state index contributed by atoms with van der Waals surface area (Å²) in [4.78, 5) is 13.7. The van der Waals surface area contributed by atoms with Gasteiger partial charge in [0.25, 0.3) is 0 Å². The Morgan fingerprint density at radius 3 is 3.24 bits per heavy atom. The fraction of sp³-hybridized carbons (Fsp3) is 0.583. The van der Waals surface area contributed by atoms with Gasteiger partial charge in [-0.2, -0.15) is 0 Å². The van der Waals surface area contributed by atoms with Crippen molar-refractivity contribution in [3.05, 3.63) is 24.2 Å². The van der Waals surface area contributed by atoms with E-state index >= 15 is 0 Å². The summed E-state index contributed by atoms with van der Waals surface area (Å²) in [5, 5.41) is 2.84. The molecule has 0 saturated carbocycles. The van der Waals surface area contributed by atoms with Gasteiger partial charge in [0.05, 0.1) is 25.5 Å². The molecule has 0 unspecified atom stereocenters. The fourth-order valence-corrected chi connectivity index (χ4v) is 1.84. The molecule has 2 amide bonds. The zero-order valence-corrected chi connectivity index (χ0v) is 10.0. The molecule has 1 aromatic rings. The first kappa shape index (κ1) is 12.0. The molecule has 2 heterocycles. The third-order valence-electron chi connectivity index (χ3n) is 2.88. The smallest absolute Gasteiger partial charge is 0.317 e. The van der Waals surface area contributed by atoms with E-state index in [1.54, 1.807) is 11.2 Å². The van der Waals surface area contributed by atoms with Gasteiger partial charge in [-0.3, -0.25) is 0 Å². The van der Waals surface area contributed by atoms with Gasteiger partial charge < -0.3 is 19.4 Å². The first-order valence-electron chi connectivity index (χ1n) is 5.96. The maximum absolute atomic E-state index is 11.9. The van der Waals surface area contributed by atoms with E-state index in [0.717, 1.165) is 12.2 Å². The van der Waals surface area contributed by atoms with Gasteiger partial charge in [0.1, 0.15) is 5.76 Å². The van der Waals surface area contributed by atoms with Crippen LogP contribution in [-0.4, -0.2) is 36.7 Å². The van der Waals surface area contributed by atoms with Crippen LogP contribution < -0.4 is 5.32 Å². The highest BCUT2D eigenvalue weighted by Gasteiger charge is 2.22. The Balaban J connectivity index is 1.79. The molecule has 0 radical (unpaired) electrons. The van der Waals surface area contributed by atoms with Crippen LogP contribution in [0.3, 0.4) is 0 Å². The van der Waals surface area contributed by atoms with E-state index in [1.165, 1.54) is 0 Å². The maximum Gasteiger partial charge on any atom is 0.317 e. The lowest BCUT2D eigenvalue weighted by atomic mass is 10.2. The second kappa shape index (κ2) is 5.72. The molecule has 5 nitrogen and oxygen atoms in total. The SMILES string of the molecule is CC[C@H]1CN(C(=O)NCc2ccco2)CCO1. The molecule has 94 valence electrons. The molecule has 5 heteroatoms. The summed E-state index contributed by atoms with van der Waals surface area (Å²) in [7, 11) is 0. The molecule has 0 aliphatic carbocycles. The average Bonchev–Trinajstić information content (AvgIpc) is 2.89. The van der Waals surface area contributed by atoms with Gasteiger partial charge in [-0.1, -0.05) is 6.92 Å². The molecule has 1 aliphatic heterocycles. The maximum atomic E-state index is 11.9. The Morgan fingerprint density at radius 2 is 2.53 bits per heavy atom. The standard InChI is InChI=1S/C12H18N2O3/c1-2-10-9-14(5-7-17-10)12(15)13-8-11-4-3-6-16-11/h3-4,6,10H,2,5,7-9H2,1H3,(H,13,15)/t10-/m0/s1. The highest BCUT2D eigenvalue weighted by molar-refractivity contribution is 5.74. The number of carbonyl (C=O) groups excluding carboxylic acids is 1. The Morgan fingerprint density at radius 1 is 1.65 bits per heavy atom. The molecule has 0 spiro atoms. The molecule has 2 rings (SSSR count). The number of furan rings is 1. The monoisotopic (exact) mass is 238 g/mol. The molecule has 17 heavy (non-hydrogen) atoms. The fourth-order valence-electron chi connectivity index (χ4n) is 1.84. The van der Waals surface area contributed by atoms with Gasteiger partial charge in [0, 0.05) is 13.1 Å². The van der Waals surface area contributed by atoms with Crippen LogP contribution in [0.2, 0.25) is 0 Å². The summed E-state index contributed by atoms with van der Waals surface area (Å²) in [5.41, 5.74) is 0. The summed E-state index contributed by atoms with van der Waals surface area (Å²) in [6, 6.07) is 3.60. The minimum Gasteiger partial charge on any atom is -0.467 e. The van der Waals surface area contributed by atoms with Gasteiger partial charge in [-0.15, -0.1) is 0 Å². The van der Waals surface area contributed by atoms with Crippen LogP contribution in [0.5, 0.6) is 0 Å². The van der Waals surface area contributed by atoms with Crippen molar-refractivity contribution in [1.29, 1.82) is 0 Å². The highest BCUT2D eigenvalue weighted by atomic mass is 16.5. The minimum atomic E-state index is -0.0526. The van der Waals surface area contributed by atoms with E-state index in [9.17, 15) is 4.79 Å². The van der Waals surface area contributed by atoms with E-state index in [-0.39, 0.29) is 12.1 Å². The topological polar surface area (TPSA) is 54.7 Å². The molecular formula is C12H18N2O3. The van der Waals surface area contributed by atoms with Crippen LogP contribution in [0.15, 0.2) is 22.8 Å². The van der Waals surface area contributed by atoms with E-state index in [4.69, 9.17) is 9.15 Å². The van der Waals surface area contributed by atoms with Crippen molar-refractivity contribution in [2.45, 2.75) is 26.0 Å². The molecular weight excluding hydrogens is 220 g/mol. The average molecular weight is 238 g/mol. The minimum absolute atomic E-state index is 0.0526. The Hall–Kier alpha value is -1.49. The zero-order chi connectivity index (χ0) is 12.1. The third kappa shape index (κ3) is 3.23. The predicted octanol–water partition coefficient (Wildman–Crippen LogP) is 1.60. The van der Waals surface area contributed by atoms with Crippen molar-refractivity contribution < 1.29 is 13.9 Å². The normalized spacial score (nSPS) is 20.3. The quantitative estimate of drug-likeness (QED) is 0.870. The number of nitrogens with one attached hydrogen (secondary N) is 1. The van der Waals surface area contributed by atoms with Crippen molar-refractivity contribution in [1.82, 2.24) is 10.2 Å². The number of ether oxygens (including phenoxy) is 1. The Bertz CT molecular complexity index is 351. The molecule has 0 aromatic carbocycles. The number of hydrogen-bond acceptors (Lipinski definition) is 3. The second-order valence-corrected chi connectivity index (χ2v) is 4.09. The van der Waals surface area contributed by atoms with Crippen LogP contribution in [0.4, 0.5) is 4.79 Å². The molecule has 1 fully saturated rings. The number of morpholine rings is 1. The Labute approximate surface area is 101 Å². The third-order valence-corrected chi connectivity index (χ3v) is 2.88. The first-order valence-corrected chi connectivity index (χ1v) is 5.96. The van der Waals surface area contributed by atoms with Crippen molar-refractivity contribution in [3.8, 4) is 0 Å². The molecule has 1 saturated heterocycles. The van der Waals surface area contributed by atoms with E-state index in [0.29, 0.717) is 26.2 Å². The van der Waals surface area contributed by atoms with Gasteiger partial charge in [0.15, 0.2) is 0 Å². The number of nitrogens with zero attached hydrogens (tertiary/aromatic N) is 1. The summed E-state index contributed by atoms with van der Waals surface area (Å²) < 4.78 is 10.7. The number of rotatable bonds is 3. The Kier molecular flexibility index (Phi) is 4.03. The lowest BCUT2D eigenvalue weighted by Crippen LogP contribution is -2.49. The van der Waals surface area contributed by atoms with E-state index < -0.39 is 0 Å². The van der Waals surface area contributed by atoms with Crippen LogP contribution in [0, 0.1) is 0 Å². The molecule has 1 aliphatic rings. The summed E-state index contributed by atoms with van der Waals surface area (Å²) >= 11 is 0. The second-order valence-electron chi connectivity index (χ2n) is 4.09. The molecule has 0 bridgehead atoms. The molecule has 1 atom stereocenters. The number of hydrogen-bond donors (Lipinski definition) is 1. The summed E-state index contributed by atoms with van der Waals surface area (Å²) in [6.07, 6.45) is 2.70. The number of carbonyl (C=O) groups is 1. The predicted molar refractivity (Wildman–Crippen MR) is 62.5 cm³/mol. The molecule has 1 N–H and O–H groups in total.